The number of nitrogens with one attached hydrogen (secondary N) is 1. The first-order valence-electron chi connectivity index (χ1n) is 14.2. The van der Waals surface area contributed by atoms with Gasteiger partial charge in [-0.25, -0.2) is 0 Å². The van der Waals surface area contributed by atoms with Crippen LogP contribution in [0, 0.1) is 33.1 Å². The minimum absolute atomic E-state index is 0.155. The number of para-hydroxylation sites is 1. The molecule has 0 amide bonds. The van der Waals surface area contributed by atoms with Crippen molar-refractivity contribution < 1.29 is 13.4 Å². The highest BCUT2D eigenvalue weighted by Crippen LogP contribution is 2.31. The van der Waals surface area contributed by atoms with Crippen LogP contribution < -0.4 is 15.4 Å². The number of benzene rings is 2. The molecule has 0 fully saturated rings. The molecule has 212 valence electrons. The average molecular weight is 561 g/mol. The Labute approximate surface area is 246 Å². The molecule has 1 aliphatic rings. The lowest BCUT2D eigenvalue weighted by Crippen LogP contribution is -2.38. The maximum atomic E-state index is 15.2. The summed E-state index contributed by atoms with van der Waals surface area (Å²) in [7, 11) is -2.76. The molecule has 0 unspecified atom stereocenters. The predicted molar refractivity (Wildman–Crippen MR) is 170 cm³/mol. The van der Waals surface area contributed by atoms with Gasteiger partial charge in [-0.15, -0.1) is 6.42 Å². The number of terminal acetylenes is 1. The fourth-order valence-electron chi connectivity index (χ4n) is 6.07. The number of hydrogen-bond acceptors (Lipinski definition) is 2. The van der Waals surface area contributed by atoms with Crippen molar-refractivity contribution in [2.75, 3.05) is 6.61 Å². The summed E-state index contributed by atoms with van der Waals surface area (Å²) in [6.45, 7) is 10.3. The van der Waals surface area contributed by atoms with Crippen molar-refractivity contribution in [3.05, 3.63) is 110 Å². The zero-order valence-corrected chi connectivity index (χ0v) is 24.7. The van der Waals surface area contributed by atoms with Crippen molar-refractivity contribution in [3.63, 3.8) is 0 Å². The van der Waals surface area contributed by atoms with Crippen LogP contribution in [-0.2, 0) is 12.8 Å². The minimum Gasteiger partial charge on any atom is -0.481 e. The first-order valence-corrected chi connectivity index (χ1v) is 14.2. The molecule has 4 nitrogen and oxygen atoms in total. The second-order valence-electron chi connectivity index (χ2n) is 10.4. The average Bonchev–Trinajstić information content (AvgIpc) is 3.62. The summed E-state index contributed by atoms with van der Waals surface area (Å²) in [6.07, 6.45) is 12.3. The van der Waals surface area contributed by atoms with Gasteiger partial charge in [-0.3, -0.25) is 13.6 Å². The number of ether oxygens (including phenoxy) is 1. The summed E-state index contributed by atoms with van der Waals surface area (Å²) in [5, 5.41) is 0.990. The highest BCUT2D eigenvalue weighted by molar-refractivity contribution is 6.41. The van der Waals surface area contributed by atoms with Crippen molar-refractivity contribution in [2.24, 2.45) is 4.99 Å². The van der Waals surface area contributed by atoms with Crippen molar-refractivity contribution >= 4 is 36.5 Å². The van der Waals surface area contributed by atoms with E-state index in [1.54, 1.807) is 6.21 Å². The standard InChI is InChI=1S/C35H34BF2N3O/c1-7-20-42-27-17-14-25(15-18-27)33(34-22(4)28(8-2)24(6)40-34)35-23(5)29(9-3)32(41(35)36(37)38)19-16-26-21-39-31-13-11-10-12-30(26)31/h1,10-19,21,40H,8-9,20H2,2-6H3/b26-16+,32-19+,35-33-. The van der Waals surface area contributed by atoms with E-state index in [1.165, 1.54) is 10.0 Å². The quantitative estimate of drug-likeness (QED) is 0.194. The molecule has 4 aromatic rings. The van der Waals surface area contributed by atoms with Crippen LogP contribution in [0.3, 0.4) is 0 Å². The van der Waals surface area contributed by atoms with Crippen LogP contribution in [0.4, 0.5) is 14.3 Å². The van der Waals surface area contributed by atoms with Crippen LogP contribution in [0.15, 0.2) is 59.6 Å². The molecular formula is C35H34BF2N3O. The van der Waals surface area contributed by atoms with E-state index in [0.29, 0.717) is 22.9 Å². The number of halogens is 2. The number of hydrogen-bond donors (Lipinski definition) is 1. The Bertz CT molecular complexity index is 1870. The maximum absolute atomic E-state index is 15.2. The van der Waals surface area contributed by atoms with Gasteiger partial charge in [0.05, 0.1) is 11.4 Å². The third-order valence-corrected chi connectivity index (χ3v) is 8.04. The predicted octanol–water partition coefficient (Wildman–Crippen LogP) is 6.48. The molecule has 2 aromatic heterocycles. The van der Waals surface area contributed by atoms with E-state index < -0.39 is 7.40 Å². The third-order valence-electron chi connectivity index (χ3n) is 8.04. The summed E-state index contributed by atoms with van der Waals surface area (Å²) in [6, 6.07) is 15.3. The Balaban J connectivity index is 1.86. The zero-order valence-electron chi connectivity index (χ0n) is 24.7. The van der Waals surface area contributed by atoms with E-state index in [4.69, 9.17) is 11.2 Å². The summed E-state index contributed by atoms with van der Waals surface area (Å²) in [5.41, 5.74) is 10.1. The lowest BCUT2D eigenvalue weighted by Gasteiger charge is -2.13. The molecule has 1 aliphatic heterocycles. The molecule has 2 aromatic carbocycles. The van der Waals surface area contributed by atoms with E-state index in [9.17, 15) is 0 Å². The van der Waals surface area contributed by atoms with Gasteiger partial charge in [0.2, 0.25) is 0 Å². The highest BCUT2D eigenvalue weighted by atomic mass is 19.2. The zero-order chi connectivity index (χ0) is 30.0. The molecule has 0 atom stereocenters. The number of rotatable bonds is 8. The van der Waals surface area contributed by atoms with Crippen molar-refractivity contribution in [1.82, 2.24) is 9.46 Å². The number of H-pyrrole nitrogens is 1. The molecule has 1 N–H and O–H groups in total. The first-order chi connectivity index (χ1) is 20.3. The molecule has 0 radical (unpaired) electrons. The summed E-state index contributed by atoms with van der Waals surface area (Å²) in [5.74, 6) is 3.10. The van der Waals surface area contributed by atoms with Gasteiger partial charge in [0.1, 0.15) is 12.4 Å². The van der Waals surface area contributed by atoms with Crippen LogP contribution in [0.1, 0.15) is 58.6 Å². The van der Waals surface area contributed by atoms with Gasteiger partial charge in [0.15, 0.2) is 0 Å². The lowest BCUT2D eigenvalue weighted by atomic mass is 9.95. The van der Waals surface area contributed by atoms with Gasteiger partial charge in [0.25, 0.3) is 0 Å². The molecule has 0 aliphatic carbocycles. The normalized spacial score (nSPS) is 14.3. The topological polar surface area (TPSA) is 42.3 Å². The minimum atomic E-state index is -2.76. The number of nitrogens with zero attached hydrogens (tertiary/aromatic N) is 2. The maximum Gasteiger partial charge on any atom is 0.678 e. The second kappa shape index (κ2) is 12.1. The Morgan fingerprint density at radius 1 is 1.00 bits per heavy atom. The molecule has 0 bridgehead atoms. The van der Waals surface area contributed by atoms with Gasteiger partial charge in [0, 0.05) is 39.3 Å². The Hall–Kier alpha value is -4.57. The fourth-order valence-corrected chi connectivity index (χ4v) is 6.07. The molecular weight excluding hydrogens is 527 g/mol. The molecule has 3 heterocycles. The molecule has 5 rings (SSSR count). The van der Waals surface area contributed by atoms with E-state index in [1.807, 2.05) is 81.5 Å². The summed E-state index contributed by atoms with van der Waals surface area (Å²) >= 11 is 0. The number of aryl methyl sites for hydroxylation is 1. The van der Waals surface area contributed by atoms with Crippen LogP contribution >= 0.6 is 0 Å². The Morgan fingerprint density at radius 2 is 1.71 bits per heavy atom. The summed E-state index contributed by atoms with van der Waals surface area (Å²) < 4.78 is 37.3. The largest absolute Gasteiger partial charge is 0.678 e. The summed E-state index contributed by atoms with van der Waals surface area (Å²) in [4.78, 5) is 8.02. The van der Waals surface area contributed by atoms with E-state index in [2.05, 4.69) is 29.7 Å². The van der Waals surface area contributed by atoms with Crippen LogP contribution in [-0.4, -0.2) is 29.7 Å². The van der Waals surface area contributed by atoms with Crippen molar-refractivity contribution in [3.8, 4) is 18.1 Å². The fraction of sp³-hybridized carbons (Fsp3) is 0.229. The monoisotopic (exact) mass is 561 g/mol. The first kappa shape index (κ1) is 28.9. The van der Waals surface area contributed by atoms with Gasteiger partial charge in [-0.2, -0.15) is 0 Å². The second-order valence-corrected chi connectivity index (χ2v) is 10.4. The lowest BCUT2D eigenvalue weighted by molar-refractivity contribution is 0.370. The van der Waals surface area contributed by atoms with Gasteiger partial charge in [-0.05, 0) is 85.7 Å². The highest BCUT2D eigenvalue weighted by Gasteiger charge is 2.27. The number of allylic oxidation sites excluding steroid dienone is 2. The van der Waals surface area contributed by atoms with Crippen LogP contribution in [0.25, 0.3) is 17.2 Å². The molecule has 0 saturated heterocycles. The van der Waals surface area contributed by atoms with Gasteiger partial charge in [-0.1, -0.05) is 56.2 Å². The molecule has 0 spiro atoms. The third kappa shape index (κ3) is 5.14. The SMILES string of the molecule is C#CCOc1ccc(/C(c2[nH]c(C)c(CC)c2C)=c2\c(C)c(CC)/c(=C\C=C3/C=Nc4ccccc43)n2B(F)F)cc1. The Kier molecular flexibility index (Phi) is 8.35. The van der Waals surface area contributed by atoms with E-state index >= 15 is 8.63 Å². The van der Waals surface area contributed by atoms with Crippen molar-refractivity contribution in [2.45, 2.75) is 47.5 Å². The van der Waals surface area contributed by atoms with E-state index in [0.717, 1.165) is 62.5 Å². The molecule has 0 saturated carbocycles. The smallest absolute Gasteiger partial charge is 0.481 e. The van der Waals surface area contributed by atoms with E-state index in [-0.39, 0.29) is 6.61 Å². The van der Waals surface area contributed by atoms with Gasteiger partial charge < -0.3 is 14.2 Å². The molecule has 42 heavy (non-hydrogen) atoms. The number of aromatic amines is 1. The molecule has 7 heteroatoms. The van der Waals surface area contributed by atoms with Crippen molar-refractivity contribution in [1.29, 1.82) is 0 Å². The Morgan fingerprint density at radius 3 is 2.36 bits per heavy atom. The van der Waals surface area contributed by atoms with Crippen LogP contribution in [0.5, 0.6) is 5.75 Å². The number of aliphatic imine (C=N–C) groups is 1. The van der Waals surface area contributed by atoms with Gasteiger partial charge >= 0.3 is 7.40 Å². The number of fused-ring (bicyclic) bond motifs is 1. The van der Waals surface area contributed by atoms with Crippen LogP contribution in [0.2, 0.25) is 0 Å². The number of aromatic nitrogens is 2.